The second-order valence-corrected chi connectivity index (χ2v) is 11.4. The predicted octanol–water partition coefficient (Wildman–Crippen LogP) is 4.85. The fourth-order valence-electron chi connectivity index (χ4n) is 2.96. The number of benzene rings is 2. The SMILES string of the molecule is C[Si](C)(C)OC1(C#N)CCOc2c1cc(Cl)c1ccccc21. The van der Waals surface area contributed by atoms with Crippen LogP contribution in [0.25, 0.3) is 10.8 Å². The smallest absolute Gasteiger partial charge is 0.186 e. The van der Waals surface area contributed by atoms with E-state index in [4.69, 9.17) is 20.8 Å². The lowest BCUT2D eigenvalue weighted by molar-refractivity contribution is 0.0673. The van der Waals surface area contributed by atoms with Crippen LogP contribution in [-0.2, 0) is 10.0 Å². The summed E-state index contributed by atoms with van der Waals surface area (Å²) in [6.45, 7) is 6.73. The molecule has 2 aromatic carbocycles. The molecule has 0 aliphatic carbocycles. The van der Waals surface area contributed by atoms with Crippen molar-refractivity contribution in [2.45, 2.75) is 31.7 Å². The van der Waals surface area contributed by atoms with Gasteiger partial charge in [-0.3, -0.25) is 0 Å². The number of hydrogen-bond donors (Lipinski definition) is 0. The van der Waals surface area contributed by atoms with Crippen LogP contribution >= 0.6 is 11.6 Å². The molecule has 1 aliphatic rings. The molecular weight excluding hydrogens is 314 g/mol. The van der Waals surface area contributed by atoms with Crippen molar-refractivity contribution in [3.05, 3.63) is 40.9 Å². The Labute approximate surface area is 136 Å². The topological polar surface area (TPSA) is 42.2 Å². The molecule has 0 bridgehead atoms. The third kappa shape index (κ3) is 2.50. The first-order chi connectivity index (χ1) is 10.4. The summed E-state index contributed by atoms with van der Waals surface area (Å²) in [7, 11) is -1.91. The molecule has 1 unspecified atom stereocenters. The number of hydrogen-bond acceptors (Lipinski definition) is 3. The molecule has 0 saturated carbocycles. The fraction of sp³-hybridized carbons (Fsp3) is 0.353. The number of nitrogens with zero attached hydrogens (tertiary/aromatic N) is 1. The monoisotopic (exact) mass is 331 g/mol. The van der Waals surface area contributed by atoms with Gasteiger partial charge in [-0.1, -0.05) is 35.9 Å². The van der Waals surface area contributed by atoms with E-state index in [9.17, 15) is 5.26 Å². The molecule has 0 amide bonds. The maximum atomic E-state index is 9.86. The van der Waals surface area contributed by atoms with E-state index < -0.39 is 13.9 Å². The van der Waals surface area contributed by atoms with Crippen molar-refractivity contribution in [3.8, 4) is 11.8 Å². The van der Waals surface area contributed by atoms with Gasteiger partial charge in [-0.05, 0) is 25.7 Å². The summed E-state index contributed by atoms with van der Waals surface area (Å²) in [4.78, 5) is 0. The summed E-state index contributed by atoms with van der Waals surface area (Å²) < 4.78 is 12.2. The Kier molecular flexibility index (Phi) is 3.68. The summed E-state index contributed by atoms with van der Waals surface area (Å²) >= 11 is 6.44. The van der Waals surface area contributed by atoms with Gasteiger partial charge in [0.25, 0.3) is 0 Å². The molecule has 0 aromatic heterocycles. The number of ether oxygens (including phenoxy) is 1. The van der Waals surface area contributed by atoms with Crippen LogP contribution in [0.3, 0.4) is 0 Å². The van der Waals surface area contributed by atoms with Gasteiger partial charge < -0.3 is 9.16 Å². The molecule has 1 atom stereocenters. The largest absolute Gasteiger partial charge is 0.492 e. The number of nitriles is 1. The Morgan fingerprint density at radius 1 is 1.27 bits per heavy atom. The van der Waals surface area contributed by atoms with Gasteiger partial charge in [-0.15, -0.1) is 0 Å². The van der Waals surface area contributed by atoms with Gasteiger partial charge >= 0.3 is 0 Å². The summed E-state index contributed by atoms with van der Waals surface area (Å²) in [5, 5.41) is 12.4. The summed E-state index contributed by atoms with van der Waals surface area (Å²) in [6, 6.07) is 12.1. The van der Waals surface area contributed by atoms with Gasteiger partial charge in [0.2, 0.25) is 0 Å². The van der Waals surface area contributed by atoms with Crippen molar-refractivity contribution in [1.82, 2.24) is 0 Å². The summed E-state index contributed by atoms with van der Waals surface area (Å²) in [6.07, 6.45) is 0.523. The van der Waals surface area contributed by atoms with E-state index in [-0.39, 0.29) is 0 Å². The molecule has 0 saturated heterocycles. The standard InChI is InChI=1S/C17H18ClNO2Si/c1-22(2,3)21-17(11-19)8-9-20-16-13-7-5-4-6-12(13)15(18)10-14(16)17/h4-7,10H,8-9H2,1-3H3. The molecule has 0 N–H and O–H groups in total. The van der Waals surface area contributed by atoms with Gasteiger partial charge in [-0.25, -0.2) is 0 Å². The summed E-state index contributed by atoms with van der Waals surface area (Å²) in [5.74, 6) is 0.728. The first kappa shape index (κ1) is 15.4. The zero-order valence-electron chi connectivity index (χ0n) is 12.9. The van der Waals surface area contributed by atoms with Gasteiger partial charge in [0.05, 0.1) is 6.61 Å². The predicted molar refractivity (Wildman–Crippen MR) is 90.8 cm³/mol. The van der Waals surface area contributed by atoms with Crippen molar-refractivity contribution in [2.75, 3.05) is 6.61 Å². The summed E-state index contributed by atoms with van der Waals surface area (Å²) in [5.41, 5.74) is -0.210. The molecular formula is C17H18ClNO2Si. The average molecular weight is 332 g/mol. The molecule has 2 aromatic rings. The molecule has 0 radical (unpaired) electrons. The highest BCUT2D eigenvalue weighted by atomic mass is 35.5. The highest BCUT2D eigenvalue weighted by Gasteiger charge is 2.43. The maximum Gasteiger partial charge on any atom is 0.186 e. The number of halogens is 1. The van der Waals surface area contributed by atoms with Crippen molar-refractivity contribution < 1.29 is 9.16 Å². The zero-order valence-corrected chi connectivity index (χ0v) is 14.7. The minimum Gasteiger partial charge on any atom is -0.492 e. The third-order valence-electron chi connectivity index (χ3n) is 3.74. The van der Waals surface area contributed by atoms with Crippen LogP contribution in [0.1, 0.15) is 12.0 Å². The third-order valence-corrected chi connectivity index (χ3v) is 5.01. The quantitative estimate of drug-likeness (QED) is 0.739. The van der Waals surface area contributed by atoms with E-state index in [1.54, 1.807) is 0 Å². The first-order valence-corrected chi connectivity index (χ1v) is 11.1. The number of rotatable bonds is 2. The average Bonchev–Trinajstić information content (AvgIpc) is 2.47. The van der Waals surface area contributed by atoms with Gasteiger partial charge in [-0.2, -0.15) is 5.26 Å². The highest BCUT2D eigenvalue weighted by Crippen LogP contribution is 2.46. The Bertz CT molecular complexity index is 779. The van der Waals surface area contributed by atoms with Crippen LogP contribution in [0.2, 0.25) is 24.7 Å². The van der Waals surface area contributed by atoms with E-state index in [2.05, 4.69) is 25.7 Å². The van der Waals surface area contributed by atoms with E-state index in [0.717, 1.165) is 22.1 Å². The van der Waals surface area contributed by atoms with Crippen LogP contribution in [0, 0.1) is 11.3 Å². The molecule has 5 heteroatoms. The van der Waals surface area contributed by atoms with E-state index in [0.29, 0.717) is 18.1 Å². The van der Waals surface area contributed by atoms with Gasteiger partial charge in [0, 0.05) is 27.8 Å². The van der Waals surface area contributed by atoms with Gasteiger partial charge in [0.1, 0.15) is 11.8 Å². The minimum absolute atomic E-state index is 0.469. The Balaban J connectivity index is 2.28. The maximum absolute atomic E-state index is 9.86. The first-order valence-electron chi connectivity index (χ1n) is 7.32. The van der Waals surface area contributed by atoms with Crippen LogP contribution in [0.4, 0.5) is 0 Å². The lowest BCUT2D eigenvalue weighted by Gasteiger charge is -2.38. The second-order valence-electron chi connectivity index (χ2n) is 6.53. The minimum atomic E-state index is -1.91. The molecule has 22 heavy (non-hydrogen) atoms. The van der Waals surface area contributed by atoms with E-state index in [1.165, 1.54) is 0 Å². The fourth-order valence-corrected chi connectivity index (χ4v) is 4.54. The Hall–Kier alpha value is -1.54. The lowest BCUT2D eigenvalue weighted by atomic mass is 9.87. The molecule has 114 valence electrons. The van der Waals surface area contributed by atoms with Crippen molar-refractivity contribution in [1.29, 1.82) is 5.26 Å². The highest BCUT2D eigenvalue weighted by molar-refractivity contribution is 6.69. The zero-order chi connectivity index (χ0) is 16.0. The molecule has 3 rings (SSSR count). The Morgan fingerprint density at radius 3 is 2.59 bits per heavy atom. The lowest BCUT2D eigenvalue weighted by Crippen LogP contribution is -2.43. The van der Waals surface area contributed by atoms with E-state index in [1.807, 2.05) is 30.3 Å². The Morgan fingerprint density at radius 2 is 1.95 bits per heavy atom. The van der Waals surface area contributed by atoms with E-state index >= 15 is 0 Å². The van der Waals surface area contributed by atoms with Crippen molar-refractivity contribution in [3.63, 3.8) is 0 Å². The molecule has 0 fully saturated rings. The van der Waals surface area contributed by atoms with Crippen LogP contribution < -0.4 is 4.74 Å². The molecule has 0 spiro atoms. The van der Waals surface area contributed by atoms with Crippen LogP contribution in [-0.4, -0.2) is 14.9 Å². The number of fused-ring (bicyclic) bond motifs is 3. The molecule has 3 nitrogen and oxygen atoms in total. The second kappa shape index (κ2) is 5.27. The molecule has 1 aliphatic heterocycles. The van der Waals surface area contributed by atoms with Gasteiger partial charge in [0.15, 0.2) is 13.9 Å². The van der Waals surface area contributed by atoms with Crippen molar-refractivity contribution in [2.24, 2.45) is 0 Å². The van der Waals surface area contributed by atoms with Crippen molar-refractivity contribution >= 4 is 30.7 Å². The van der Waals surface area contributed by atoms with Crippen LogP contribution in [0.15, 0.2) is 30.3 Å². The molecule has 1 heterocycles. The normalized spacial score (nSPS) is 21.0. The van der Waals surface area contributed by atoms with Crippen LogP contribution in [0.5, 0.6) is 5.75 Å².